The molecule has 28 heavy (non-hydrogen) atoms. The van der Waals surface area contributed by atoms with E-state index in [1.54, 1.807) is 30.3 Å². The number of Topliss-reactive ketones (excluding diaryl/α,β-unsaturated/α-hetero) is 1. The summed E-state index contributed by atoms with van der Waals surface area (Å²) >= 11 is 0. The third kappa shape index (κ3) is 4.71. The van der Waals surface area contributed by atoms with Gasteiger partial charge in [0.1, 0.15) is 28.9 Å². The zero-order chi connectivity index (χ0) is 21.1. The van der Waals surface area contributed by atoms with Crippen LogP contribution < -0.4 is 4.74 Å². The second-order valence-electron chi connectivity index (χ2n) is 7.03. The van der Waals surface area contributed by atoms with E-state index in [0.29, 0.717) is 5.75 Å². The third-order valence-electron chi connectivity index (χ3n) is 3.79. The van der Waals surface area contributed by atoms with Gasteiger partial charge in [0.15, 0.2) is 5.78 Å². The van der Waals surface area contributed by atoms with Gasteiger partial charge in [0.05, 0.1) is 5.56 Å². The third-order valence-corrected chi connectivity index (χ3v) is 3.79. The van der Waals surface area contributed by atoms with Gasteiger partial charge < -0.3 is 9.84 Å². The number of allylic oxidation sites excluding steroid dienone is 1. The zero-order valence-electron chi connectivity index (χ0n) is 15.5. The lowest BCUT2D eigenvalue weighted by molar-refractivity contribution is -0.138. The summed E-state index contributed by atoms with van der Waals surface area (Å²) < 4.78 is 46.1. The predicted octanol–water partition coefficient (Wildman–Crippen LogP) is 5.91. The summed E-state index contributed by atoms with van der Waals surface area (Å²) in [6.07, 6.45) is -4.84. The molecule has 2 rings (SSSR count). The number of hydrogen-bond donors (Lipinski definition) is 1. The lowest BCUT2D eigenvalue weighted by Crippen LogP contribution is -2.23. The van der Waals surface area contributed by atoms with E-state index >= 15 is 0 Å². The summed E-state index contributed by atoms with van der Waals surface area (Å²) in [7, 11) is 0. The zero-order valence-corrected chi connectivity index (χ0v) is 15.5. The molecule has 0 saturated carbocycles. The summed E-state index contributed by atoms with van der Waals surface area (Å²) in [5.41, 5.74) is -3.65. The van der Waals surface area contributed by atoms with Crippen LogP contribution >= 0.6 is 0 Å². The minimum atomic E-state index is -4.84. The number of para-hydroxylation sites is 1. The molecule has 2 aromatic rings. The van der Waals surface area contributed by atoms with Gasteiger partial charge in [-0.3, -0.25) is 4.79 Å². The van der Waals surface area contributed by atoms with Gasteiger partial charge in [-0.2, -0.15) is 18.4 Å². The van der Waals surface area contributed by atoms with Crippen molar-refractivity contribution in [3.63, 3.8) is 0 Å². The number of ether oxygens (including phenoxy) is 1. The standard InChI is InChI=1S/C21H18F3NO3/c1-20(2,3)19(27)16(12-25)18(26)15-10-9-14(11-17(15)21(22,23)24)28-13-7-5-4-6-8-13/h4-11,26H,1-3H3. The Bertz CT molecular complexity index is 950. The number of aliphatic hydroxyl groups is 1. The van der Waals surface area contributed by atoms with Crippen LogP contribution in [0.4, 0.5) is 13.2 Å². The Morgan fingerprint density at radius 3 is 2.14 bits per heavy atom. The quantitative estimate of drug-likeness (QED) is 0.401. The highest BCUT2D eigenvalue weighted by molar-refractivity contribution is 6.07. The molecule has 0 fully saturated rings. The van der Waals surface area contributed by atoms with E-state index in [9.17, 15) is 28.3 Å². The average Bonchev–Trinajstić information content (AvgIpc) is 2.61. The lowest BCUT2D eigenvalue weighted by atomic mass is 9.85. The molecule has 0 aromatic heterocycles. The summed E-state index contributed by atoms with van der Waals surface area (Å²) in [6, 6.07) is 12.7. The Balaban J connectivity index is 2.59. The number of hydrogen-bond acceptors (Lipinski definition) is 4. The van der Waals surface area contributed by atoms with Crippen molar-refractivity contribution < 1.29 is 27.8 Å². The van der Waals surface area contributed by atoms with Crippen LogP contribution in [-0.4, -0.2) is 10.9 Å². The molecule has 0 heterocycles. The largest absolute Gasteiger partial charge is 0.506 e. The van der Waals surface area contributed by atoms with Crippen molar-refractivity contribution in [2.45, 2.75) is 26.9 Å². The van der Waals surface area contributed by atoms with Crippen LogP contribution in [-0.2, 0) is 11.0 Å². The summed E-state index contributed by atoms with van der Waals surface area (Å²) in [4.78, 5) is 12.3. The first-order valence-corrected chi connectivity index (χ1v) is 8.28. The van der Waals surface area contributed by atoms with Crippen molar-refractivity contribution in [1.29, 1.82) is 5.26 Å². The van der Waals surface area contributed by atoms with Crippen molar-refractivity contribution in [2.75, 3.05) is 0 Å². The number of nitrogens with zero attached hydrogens (tertiary/aromatic N) is 1. The number of halogens is 3. The number of ketones is 1. The SMILES string of the molecule is CC(C)(C)C(=O)C(C#N)=C(O)c1ccc(Oc2ccccc2)cc1C(F)(F)F. The molecule has 2 aromatic carbocycles. The van der Waals surface area contributed by atoms with Crippen LogP contribution in [0, 0.1) is 16.7 Å². The minimum Gasteiger partial charge on any atom is -0.506 e. The van der Waals surface area contributed by atoms with Crippen LogP contribution in [0.15, 0.2) is 54.1 Å². The summed E-state index contributed by atoms with van der Waals surface area (Å²) in [6.45, 7) is 4.50. The van der Waals surface area contributed by atoms with Crippen LogP contribution in [0.3, 0.4) is 0 Å². The highest BCUT2D eigenvalue weighted by atomic mass is 19.4. The van der Waals surface area contributed by atoms with Gasteiger partial charge >= 0.3 is 6.18 Å². The van der Waals surface area contributed by atoms with E-state index < -0.39 is 39.8 Å². The number of carbonyl (C=O) groups is 1. The average molecular weight is 389 g/mol. The fourth-order valence-corrected chi connectivity index (χ4v) is 2.37. The van der Waals surface area contributed by atoms with Gasteiger partial charge in [0.25, 0.3) is 0 Å². The highest BCUT2D eigenvalue weighted by Crippen LogP contribution is 2.39. The van der Waals surface area contributed by atoms with E-state index in [2.05, 4.69) is 0 Å². The van der Waals surface area contributed by atoms with E-state index in [0.717, 1.165) is 12.1 Å². The Morgan fingerprint density at radius 1 is 1.04 bits per heavy atom. The Labute approximate surface area is 160 Å². The topological polar surface area (TPSA) is 70.3 Å². The van der Waals surface area contributed by atoms with Gasteiger partial charge in [-0.25, -0.2) is 0 Å². The van der Waals surface area contributed by atoms with Crippen LogP contribution in [0.1, 0.15) is 31.9 Å². The molecule has 0 aliphatic rings. The first-order chi connectivity index (χ1) is 12.9. The molecule has 1 N–H and O–H groups in total. The highest BCUT2D eigenvalue weighted by Gasteiger charge is 2.37. The lowest BCUT2D eigenvalue weighted by Gasteiger charge is -2.18. The van der Waals surface area contributed by atoms with Crippen molar-refractivity contribution in [2.24, 2.45) is 5.41 Å². The second-order valence-corrected chi connectivity index (χ2v) is 7.03. The number of benzene rings is 2. The fraction of sp³-hybridized carbons (Fsp3) is 0.238. The smallest absolute Gasteiger partial charge is 0.417 e. The van der Waals surface area contributed by atoms with E-state index in [1.165, 1.54) is 32.9 Å². The Kier molecular flexibility index (Phi) is 5.84. The maximum atomic E-state index is 13.6. The van der Waals surface area contributed by atoms with E-state index in [4.69, 9.17) is 4.74 Å². The van der Waals surface area contributed by atoms with Gasteiger partial charge in [0.2, 0.25) is 0 Å². The Morgan fingerprint density at radius 2 is 1.64 bits per heavy atom. The maximum Gasteiger partial charge on any atom is 0.417 e. The molecule has 4 nitrogen and oxygen atoms in total. The van der Waals surface area contributed by atoms with Crippen LogP contribution in [0.25, 0.3) is 5.76 Å². The molecule has 0 unspecified atom stereocenters. The molecule has 0 saturated heterocycles. The molecule has 146 valence electrons. The summed E-state index contributed by atoms with van der Waals surface area (Å²) in [5, 5.41) is 19.6. The van der Waals surface area contributed by atoms with Gasteiger partial charge in [-0.1, -0.05) is 39.0 Å². The van der Waals surface area contributed by atoms with Crippen LogP contribution in [0.2, 0.25) is 0 Å². The molecular weight excluding hydrogens is 371 g/mol. The first kappa shape index (κ1) is 21.0. The number of alkyl halides is 3. The van der Waals surface area contributed by atoms with Gasteiger partial charge in [-0.05, 0) is 30.3 Å². The monoisotopic (exact) mass is 389 g/mol. The number of rotatable bonds is 4. The van der Waals surface area contributed by atoms with E-state index in [-0.39, 0.29) is 5.75 Å². The van der Waals surface area contributed by atoms with Crippen molar-refractivity contribution in [3.05, 3.63) is 65.2 Å². The Hall–Kier alpha value is -3.27. The molecule has 0 amide bonds. The minimum absolute atomic E-state index is 0.101. The van der Waals surface area contributed by atoms with Crippen LogP contribution in [0.5, 0.6) is 11.5 Å². The van der Waals surface area contributed by atoms with Crippen molar-refractivity contribution in [3.8, 4) is 17.6 Å². The number of carbonyl (C=O) groups excluding carboxylic acids is 1. The molecule has 0 spiro atoms. The second kappa shape index (κ2) is 7.77. The predicted molar refractivity (Wildman–Crippen MR) is 97.6 cm³/mol. The molecule has 0 bridgehead atoms. The maximum absolute atomic E-state index is 13.6. The van der Waals surface area contributed by atoms with Crippen molar-refractivity contribution >= 4 is 11.5 Å². The molecule has 7 heteroatoms. The van der Waals surface area contributed by atoms with Gasteiger partial charge in [0, 0.05) is 11.0 Å². The molecule has 0 radical (unpaired) electrons. The molecule has 0 aliphatic heterocycles. The summed E-state index contributed by atoms with van der Waals surface area (Å²) in [5.74, 6) is -1.54. The van der Waals surface area contributed by atoms with E-state index in [1.807, 2.05) is 0 Å². The molecule has 0 atom stereocenters. The van der Waals surface area contributed by atoms with Gasteiger partial charge in [-0.15, -0.1) is 0 Å². The normalized spacial score (nSPS) is 12.8. The number of nitriles is 1. The number of aliphatic hydroxyl groups excluding tert-OH is 1. The van der Waals surface area contributed by atoms with Crippen molar-refractivity contribution in [1.82, 2.24) is 0 Å². The fourth-order valence-electron chi connectivity index (χ4n) is 2.37. The molecular formula is C21H18F3NO3. The molecule has 0 aliphatic carbocycles. The first-order valence-electron chi connectivity index (χ1n) is 8.28.